The van der Waals surface area contributed by atoms with Crippen LogP contribution in [-0.4, -0.2) is 56.6 Å². The van der Waals surface area contributed by atoms with Crippen molar-refractivity contribution in [2.24, 2.45) is 0 Å². The number of ether oxygens (including phenoxy) is 1. The van der Waals surface area contributed by atoms with Crippen LogP contribution in [0.15, 0.2) is 36.9 Å². The number of β-amino-alcohol motifs (C(OH)–C–C–N with tert-alkyl or cyclic N) is 1. The van der Waals surface area contributed by atoms with Crippen LogP contribution in [0, 0.1) is 6.92 Å². The van der Waals surface area contributed by atoms with Gasteiger partial charge in [-0.25, -0.2) is 4.98 Å². The summed E-state index contributed by atoms with van der Waals surface area (Å²) in [5.41, 5.74) is 1.16. The fraction of sp³-hybridized carbons (Fsp3) is 0.556. The van der Waals surface area contributed by atoms with E-state index in [1.54, 1.807) is 12.7 Å². The highest BCUT2D eigenvalue weighted by Gasteiger charge is 2.25. The maximum absolute atomic E-state index is 10.4. The molecule has 6 nitrogen and oxygen atoms in total. The molecule has 130 valence electrons. The smallest absolute Gasteiger partial charge is 0.137 e. The van der Waals surface area contributed by atoms with Crippen LogP contribution < -0.4 is 4.74 Å². The van der Waals surface area contributed by atoms with Crippen molar-refractivity contribution in [3.8, 4) is 5.75 Å². The van der Waals surface area contributed by atoms with Crippen LogP contribution >= 0.6 is 0 Å². The number of aliphatic hydroxyl groups is 1. The van der Waals surface area contributed by atoms with Gasteiger partial charge in [-0.1, -0.05) is 18.6 Å². The summed E-state index contributed by atoms with van der Waals surface area (Å²) in [4.78, 5) is 6.36. The number of nitrogens with zero attached hydrogens (tertiary/aromatic N) is 4. The second-order valence-corrected chi connectivity index (χ2v) is 6.54. The molecule has 0 saturated carbocycles. The molecule has 1 aromatic heterocycles. The molecule has 1 aromatic carbocycles. The van der Waals surface area contributed by atoms with Crippen molar-refractivity contribution >= 4 is 0 Å². The van der Waals surface area contributed by atoms with Gasteiger partial charge < -0.3 is 9.84 Å². The summed E-state index contributed by atoms with van der Waals surface area (Å²) in [6.45, 7) is 4.82. The zero-order valence-corrected chi connectivity index (χ0v) is 14.2. The molecule has 1 saturated heterocycles. The van der Waals surface area contributed by atoms with Crippen molar-refractivity contribution in [1.29, 1.82) is 0 Å². The van der Waals surface area contributed by atoms with E-state index in [0.717, 1.165) is 30.8 Å². The Morgan fingerprint density at radius 3 is 3.08 bits per heavy atom. The van der Waals surface area contributed by atoms with E-state index in [-0.39, 0.29) is 0 Å². The number of rotatable bonds is 7. The first-order valence-corrected chi connectivity index (χ1v) is 8.65. The van der Waals surface area contributed by atoms with Crippen molar-refractivity contribution in [3.05, 3.63) is 42.5 Å². The molecular formula is C18H26N4O2. The molecule has 1 aliphatic rings. The summed E-state index contributed by atoms with van der Waals surface area (Å²) in [6.07, 6.45) is 6.36. The van der Waals surface area contributed by atoms with Crippen molar-refractivity contribution < 1.29 is 9.84 Å². The van der Waals surface area contributed by atoms with Gasteiger partial charge in [0.15, 0.2) is 0 Å². The first-order chi connectivity index (χ1) is 11.7. The standard InChI is InChI=1S/C18H26N4O2/c1-15-5-4-7-18(9-15)24-12-17(23)11-21-8-3-2-6-16(21)10-22-14-19-13-20-22/h4-5,7,9,13-14,16-17,23H,2-3,6,8,10-12H2,1H3/t16-,17+/m0/s1. The SMILES string of the molecule is Cc1cccc(OC[C@H](O)CN2CCCC[C@H]2Cn2cncn2)c1. The van der Waals surface area contributed by atoms with Crippen LogP contribution in [0.2, 0.25) is 0 Å². The number of aliphatic hydroxyl groups excluding tert-OH is 1. The van der Waals surface area contributed by atoms with Crippen LogP contribution in [0.1, 0.15) is 24.8 Å². The molecule has 0 radical (unpaired) electrons. The Hall–Kier alpha value is -1.92. The van der Waals surface area contributed by atoms with E-state index in [0.29, 0.717) is 19.2 Å². The lowest BCUT2D eigenvalue weighted by Crippen LogP contribution is -2.46. The number of hydrogen-bond donors (Lipinski definition) is 1. The van der Waals surface area contributed by atoms with Gasteiger partial charge in [0.2, 0.25) is 0 Å². The van der Waals surface area contributed by atoms with E-state index in [2.05, 4.69) is 15.0 Å². The molecular weight excluding hydrogens is 304 g/mol. The highest BCUT2D eigenvalue weighted by molar-refractivity contribution is 5.27. The minimum Gasteiger partial charge on any atom is -0.491 e. The summed E-state index contributed by atoms with van der Waals surface area (Å²) in [5.74, 6) is 0.812. The molecule has 2 aromatic rings. The van der Waals surface area contributed by atoms with Crippen LogP contribution in [0.25, 0.3) is 0 Å². The Bertz CT molecular complexity index is 617. The van der Waals surface area contributed by atoms with Gasteiger partial charge in [-0.2, -0.15) is 5.10 Å². The lowest BCUT2D eigenvalue weighted by atomic mass is 10.0. The lowest BCUT2D eigenvalue weighted by molar-refractivity contribution is 0.0345. The van der Waals surface area contributed by atoms with Crippen LogP contribution in [0.4, 0.5) is 0 Å². The van der Waals surface area contributed by atoms with E-state index in [1.165, 1.54) is 12.8 Å². The largest absolute Gasteiger partial charge is 0.491 e. The third-order valence-corrected chi connectivity index (χ3v) is 4.49. The summed E-state index contributed by atoms with van der Waals surface area (Å²) < 4.78 is 7.60. The summed E-state index contributed by atoms with van der Waals surface area (Å²) >= 11 is 0. The normalized spacial score (nSPS) is 20.0. The summed E-state index contributed by atoms with van der Waals surface area (Å²) in [6, 6.07) is 8.31. The van der Waals surface area contributed by atoms with E-state index < -0.39 is 6.10 Å². The van der Waals surface area contributed by atoms with Crippen molar-refractivity contribution in [3.63, 3.8) is 0 Å². The molecule has 2 atom stereocenters. The third-order valence-electron chi connectivity index (χ3n) is 4.49. The molecule has 1 N–H and O–H groups in total. The Balaban J connectivity index is 1.50. The van der Waals surface area contributed by atoms with Gasteiger partial charge in [0.1, 0.15) is 31.1 Å². The number of likely N-dealkylation sites (tertiary alicyclic amines) is 1. The predicted octanol–water partition coefficient (Wildman–Crippen LogP) is 1.88. The maximum atomic E-state index is 10.4. The molecule has 0 spiro atoms. The second-order valence-electron chi connectivity index (χ2n) is 6.54. The zero-order valence-electron chi connectivity index (χ0n) is 14.2. The molecule has 24 heavy (non-hydrogen) atoms. The third kappa shape index (κ3) is 4.79. The first kappa shape index (κ1) is 16.9. The van der Waals surface area contributed by atoms with Crippen molar-refractivity contribution in [2.75, 3.05) is 19.7 Å². The highest BCUT2D eigenvalue weighted by Crippen LogP contribution is 2.19. The van der Waals surface area contributed by atoms with Crippen LogP contribution in [0.5, 0.6) is 5.75 Å². The van der Waals surface area contributed by atoms with Gasteiger partial charge in [-0.05, 0) is 44.0 Å². The van der Waals surface area contributed by atoms with Gasteiger partial charge in [0.05, 0.1) is 6.54 Å². The zero-order chi connectivity index (χ0) is 16.8. The molecule has 0 amide bonds. The molecule has 0 unspecified atom stereocenters. The fourth-order valence-corrected chi connectivity index (χ4v) is 3.27. The minimum atomic E-state index is -0.498. The van der Waals surface area contributed by atoms with E-state index >= 15 is 0 Å². The first-order valence-electron chi connectivity index (χ1n) is 8.65. The Kier molecular flexibility index (Phi) is 5.82. The number of benzene rings is 1. The quantitative estimate of drug-likeness (QED) is 0.840. The molecule has 6 heteroatoms. The minimum absolute atomic E-state index is 0.315. The Labute approximate surface area is 143 Å². The molecule has 1 aliphatic heterocycles. The van der Waals surface area contributed by atoms with E-state index in [1.807, 2.05) is 35.9 Å². The fourth-order valence-electron chi connectivity index (χ4n) is 3.27. The van der Waals surface area contributed by atoms with Gasteiger partial charge in [-0.15, -0.1) is 0 Å². The Morgan fingerprint density at radius 1 is 1.38 bits per heavy atom. The molecule has 2 heterocycles. The highest BCUT2D eigenvalue weighted by atomic mass is 16.5. The molecule has 3 rings (SSSR count). The topological polar surface area (TPSA) is 63.4 Å². The van der Waals surface area contributed by atoms with Gasteiger partial charge in [0.25, 0.3) is 0 Å². The maximum Gasteiger partial charge on any atom is 0.137 e. The number of piperidine rings is 1. The molecule has 1 fully saturated rings. The van der Waals surface area contributed by atoms with Gasteiger partial charge in [-0.3, -0.25) is 9.58 Å². The predicted molar refractivity (Wildman–Crippen MR) is 91.9 cm³/mol. The number of aromatic nitrogens is 3. The summed E-state index contributed by atoms with van der Waals surface area (Å²) in [5, 5.41) is 14.6. The average Bonchev–Trinajstić information content (AvgIpc) is 3.08. The second kappa shape index (κ2) is 8.26. The average molecular weight is 330 g/mol. The van der Waals surface area contributed by atoms with Crippen molar-refractivity contribution in [1.82, 2.24) is 19.7 Å². The monoisotopic (exact) mass is 330 g/mol. The number of aryl methyl sites for hydroxylation is 1. The van der Waals surface area contributed by atoms with E-state index in [9.17, 15) is 5.11 Å². The van der Waals surface area contributed by atoms with E-state index in [4.69, 9.17) is 4.74 Å². The van der Waals surface area contributed by atoms with Gasteiger partial charge >= 0.3 is 0 Å². The number of hydrogen-bond acceptors (Lipinski definition) is 5. The molecule has 0 bridgehead atoms. The van der Waals surface area contributed by atoms with Crippen molar-refractivity contribution in [2.45, 2.75) is 44.9 Å². The Morgan fingerprint density at radius 2 is 2.29 bits per heavy atom. The lowest BCUT2D eigenvalue weighted by Gasteiger charge is -2.36. The molecule has 0 aliphatic carbocycles. The van der Waals surface area contributed by atoms with Gasteiger partial charge in [0, 0.05) is 12.6 Å². The van der Waals surface area contributed by atoms with Crippen LogP contribution in [-0.2, 0) is 6.54 Å². The van der Waals surface area contributed by atoms with Crippen LogP contribution in [0.3, 0.4) is 0 Å². The summed E-state index contributed by atoms with van der Waals surface area (Å²) in [7, 11) is 0.